The Kier molecular flexibility index (Phi) is 5.96. The molecule has 1 saturated heterocycles. The second-order valence-electron chi connectivity index (χ2n) is 6.51. The van der Waals surface area contributed by atoms with Gasteiger partial charge in [0, 0.05) is 31.3 Å². The third kappa shape index (κ3) is 4.86. The van der Waals surface area contributed by atoms with Crippen LogP contribution in [0.4, 0.5) is 8.78 Å². The average Bonchev–Trinajstić information content (AvgIpc) is 2.62. The minimum absolute atomic E-state index is 0.0263. The third-order valence-corrected chi connectivity index (χ3v) is 4.45. The van der Waals surface area contributed by atoms with Gasteiger partial charge in [0.2, 0.25) is 0 Å². The fraction of sp³-hybridized carbons (Fsp3) is 0.350. The van der Waals surface area contributed by atoms with Gasteiger partial charge in [0.25, 0.3) is 5.91 Å². The molecule has 1 aliphatic heterocycles. The summed E-state index contributed by atoms with van der Waals surface area (Å²) in [6.45, 7) is 5.48. The van der Waals surface area contributed by atoms with Gasteiger partial charge in [-0.05, 0) is 24.6 Å². The molecule has 2 aromatic rings. The predicted molar refractivity (Wildman–Crippen MR) is 95.0 cm³/mol. The summed E-state index contributed by atoms with van der Waals surface area (Å²) in [5.41, 5.74) is 2.05. The highest BCUT2D eigenvalue weighted by Gasteiger charge is 2.21. The molecule has 138 valence electrons. The Hall–Kier alpha value is -2.31. The number of aryl methyl sites for hydroxylation is 1. The Morgan fingerprint density at radius 2 is 1.73 bits per heavy atom. The lowest BCUT2D eigenvalue weighted by atomic mass is 10.0. The zero-order valence-corrected chi connectivity index (χ0v) is 14.7. The van der Waals surface area contributed by atoms with Crippen molar-refractivity contribution in [3.8, 4) is 0 Å². The molecule has 4 nitrogen and oxygen atoms in total. The molecule has 1 heterocycles. The first-order chi connectivity index (χ1) is 12.5. The quantitative estimate of drug-likeness (QED) is 0.891. The average molecular weight is 360 g/mol. The standard InChI is InChI=1S/C20H22F2N2O2/c1-14-2-4-15(5-3-14)19(13-24-6-8-26-9-7-24)23-20(25)16-10-17(21)12-18(22)11-16/h2-5,10-12,19H,6-9,13H2,1H3,(H,23,25). The van der Waals surface area contributed by atoms with Crippen molar-refractivity contribution >= 4 is 5.91 Å². The minimum atomic E-state index is -0.768. The minimum Gasteiger partial charge on any atom is -0.379 e. The summed E-state index contributed by atoms with van der Waals surface area (Å²) in [5.74, 6) is -2.03. The van der Waals surface area contributed by atoms with Gasteiger partial charge in [-0.1, -0.05) is 29.8 Å². The summed E-state index contributed by atoms with van der Waals surface area (Å²) in [5, 5.41) is 2.92. The molecular weight excluding hydrogens is 338 g/mol. The highest BCUT2D eigenvalue weighted by Crippen LogP contribution is 2.18. The number of hydrogen-bond acceptors (Lipinski definition) is 3. The fourth-order valence-electron chi connectivity index (χ4n) is 3.00. The van der Waals surface area contributed by atoms with E-state index in [0.717, 1.165) is 42.4 Å². The van der Waals surface area contributed by atoms with E-state index in [1.165, 1.54) is 0 Å². The number of carbonyl (C=O) groups is 1. The summed E-state index contributed by atoms with van der Waals surface area (Å²) in [4.78, 5) is 14.8. The van der Waals surface area contributed by atoms with Crippen molar-refractivity contribution in [2.45, 2.75) is 13.0 Å². The van der Waals surface area contributed by atoms with Gasteiger partial charge in [-0.15, -0.1) is 0 Å². The van der Waals surface area contributed by atoms with Gasteiger partial charge < -0.3 is 10.1 Å². The Morgan fingerprint density at radius 1 is 1.12 bits per heavy atom. The van der Waals surface area contributed by atoms with Crippen LogP contribution in [-0.4, -0.2) is 43.7 Å². The molecule has 0 saturated carbocycles. The number of hydrogen-bond donors (Lipinski definition) is 1. The van der Waals surface area contributed by atoms with Crippen LogP contribution >= 0.6 is 0 Å². The van der Waals surface area contributed by atoms with E-state index >= 15 is 0 Å². The molecule has 1 atom stereocenters. The van der Waals surface area contributed by atoms with E-state index in [2.05, 4.69) is 10.2 Å². The smallest absolute Gasteiger partial charge is 0.252 e. The first-order valence-electron chi connectivity index (χ1n) is 8.65. The zero-order chi connectivity index (χ0) is 18.5. The molecule has 3 rings (SSSR count). The van der Waals surface area contributed by atoms with E-state index in [1.54, 1.807) is 0 Å². The number of carbonyl (C=O) groups excluding carboxylic acids is 1. The number of rotatable bonds is 5. The molecule has 0 aliphatic carbocycles. The van der Waals surface area contributed by atoms with Gasteiger partial charge in [-0.3, -0.25) is 9.69 Å². The second-order valence-corrected chi connectivity index (χ2v) is 6.51. The maximum atomic E-state index is 13.4. The number of amides is 1. The van der Waals surface area contributed by atoms with E-state index in [0.29, 0.717) is 19.8 Å². The predicted octanol–water partition coefficient (Wildman–Crippen LogP) is 3.08. The number of ether oxygens (including phenoxy) is 1. The molecule has 1 fully saturated rings. The van der Waals surface area contributed by atoms with Gasteiger partial charge >= 0.3 is 0 Å². The lowest BCUT2D eigenvalue weighted by Gasteiger charge is -2.31. The number of nitrogens with zero attached hydrogens (tertiary/aromatic N) is 1. The fourth-order valence-corrected chi connectivity index (χ4v) is 3.00. The summed E-state index contributed by atoms with van der Waals surface area (Å²) >= 11 is 0. The van der Waals surface area contributed by atoms with Crippen molar-refractivity contribution in [1.82, 2.24) is 10.2 Å². The van der Waals surface area contributed by atoms with E-state index in [9.17, 15) is 13.6 Å². The Bertz CT molecular complexity index is 739. The molecule has 1 amide bonds. The van der Waals surface area contributed by atoms with E-state index < -0.39 is 17.5 Å². The van der Waals surface area contributed by atoms with Crippen molar-refractivity contribution in [3.05, 3.63) is 70.8 Å². The van der Waals surface area contributed by atoms with Crippen LogP contribution in [0.15, 0.2) is 42.5 Å². The SMILES string of the molecule is Cc1ccc(C(CN2CCOCC2)NC(=O)c2cc(F)cc(F)c2)cc1. The summed E-state index contributed by atoms with van der Waals surface area (Å²) in [7, 11) is 0. The van der Waals surface area contributed by atoms with Crippen LogP contribution in [0.3, 0.4) is 0 Å². The van der Waals surface area contributed by atoms with Gasteiger partial charge in [0.1, 0.15) is 11.6 Å². The third-order valence-electron chi connectivity index (χ3n) is 4.45. The van der Waals surface area contributed by atoms with Crippen molar-refractivity contribution in [2.75, 3.05) is 32.8 Å². The normalized spacial score (nSPS) is 16.3. The number of halogens is 2. The largest absolute Gasteiger partial charge is 0.379 e. The van der Waals surface area contributed by atoms with Crippen LogP contribution in [0.25, 0.3) is 0 Å². The van der Waals surface area contributed by atoms with Crippen LogP contribution in [-0.2, 0) is 4.74 Å². The molecule has 6 heteroatoms. The van der Waals surface area contributed by atoms with Crippen molar-refractivity contribution in [3.63, 3.8) is 0 Å². The first-order valence-corrected chi connectivity index (χ1v) is 8.65. The highest BCUT2D eigenvalue weighted by molar-refractivity contribution is 5.94. The maximum absolute atomic E-state index is 13.4. The van der Waals surface area contributed by atoms with Crippen molar-refractivity contribution < 1.29 is 18.3 Å². The van der Waals surface area contributed by atoms with Gasteiger partial charge in [0.15, 0.2) is 0 Å². The van der Waals surface area contributed by atoms with Crippen LogP contribution in [0.2, 0.25) is 0 Å². The molecular formula is C20H22F2N2O2. The van der Waals surface area contributed by atoms with Gasteiger partial charge in [0.05, 0.1) is 19.3 Å². The Labute approximate surface area is 151 Å². The summed E-state index contributed by atoms with van der Waals surface area (Å²) in [6, 6.07) is 10.4. The maximum Gasteiger partial charge on any atom is 0.252 e. The Balaban J connectivity index is 1.79. The highest BCUT2D eigenvalue weighted by atomic mass is 19.1. The molecule has 26 heavy (non-hydrogen) atoms. The molecule has 0 radical (unpaired) electrons. The first kappa shape index (κ1) is 18.5. The number of morpholine rings is 1. The topological polar surface area (TPSA) is 41.6 Å². The Morgan fingerprint density at radius 3 is 2.35 bits per heavy atom. The molecule has 2 aromatic carbocycles. The summed E-state index contributed by atoms with van der Waals surface area (Å²) < 4.78 is 32.2. The second kappa shape index (κ2) is 8.38. The molecule has 1 N–H and O–H groups in total. The lowest BCUT2D eigenvalue weighted by molar-refractivity contribution is 0.0332. The van der Waals surface area contributed by atoms with Crippen molar-refractivity contribution in [2.24, 2.45) is 0 Å². The molecule has 0 aromatic heterocycles. The van der Waals surface area contributed by atoms with Crippen LogP contribution < -0.4 is 5.32 Å². The lowest BCUT2D eigenvalue weighted by Crippen LogP contribution is -2.43. The molecule has 0 spiro atoms. The molecule has 1 unspecified atom stereocenters. The molecule has 0 bridgehead atoms. The number of nitrogens with one attached hydrogen (secondary N) is 1. The monoisotopic (exact) mass is 360 g/mol. The van der Waals surface area contributed by atoms with Crippen LogP contribution in [0, 0.1) is 18.6 Å². The van der Waals surface area contributed by atoms with E-state index in [-0.39, 0.29) is 11.6 Å². The van der Waals surface area contributed by atoms with Gasteiger partial charge in [-0.2, -0.15) is 0 Å². The zero-order valence-electron chi connectivity index (χ0n) is 14.7. The summed E-state index contributed by atoms with van der Waals surface area (Å²) in [6.07, 6.45) is 0. The van der Waals surface area contributed by atoms with Gasteiger partial charge in [-0.25, -0.2) is 8.78 Å². The van der Waals surface area contributed by atoms with Crippen LogP contribution in [0.1, 0.15) is 27.5 Å². The van der Waals surface area contributed by atoms with E-state index in [4.69, 9.17) is 4.74 Å². The van der Waals surface area contributed by atoms with Crippen LogP contribution in [0.5, 0.6) is 0 Å². The van der Waals surface area contributed by atoms with Crippen molar-refractivity contribution in [1.29, 1.82) is 0 Å². The van der Waals surface area contributed by atoms with E-state index in [1.807, 2.05) is 31.2 Å². The molecule has 1 aliphatic rings. The number of benzene rings is 2.